The van der Waals surface area contributed by atoms with E-state index in [0.717, 1.165) is 23.2 Å². The number of rotatable bonds is 6. The van der Waals surface area contributed by atoms with Gasteiger partial charge in [0.15, 0.2) is 5.82 Å². The number of halogens is 1. The number of carbonyl (C=O) groups excluding carboxylic acids is 2. The highest BCUT2D eigenvalue weighted by atomic mass is 35.5. The molecule has 9 heteroatoms. The fourth-order valence-corrected chi connectivity index (χ4v) is 3.34. The van der Waals surface area contributed by atoms with Gasteiger partial charge < -0.3 is 21.3 Å². The lowest BCUT2D eigenvalue weighted by Crippen LogP contribution is -2.39. The molecule has 2 heterocycles. The quantitative estimate of drug-likeness (QED) is 0.666. The minimum Gasteiger partial charge on any atom is -0.368 e. The van der Waals surface area contributed by atoms with Gasteiger partial charge in [0.05, 0.1) is 12.6 Å². The molecule has 29 heavy (non-hydrogen) atoms. The molecule has 1 aromatic carbocycles. The fraction of sp³-hybridized carbons (Fsp3) is 0.400. The van der Waals surface area contributed by atoms with Gasteiger partial charge in [-0.15, -0.1) is 0 Å². The molecular weight excluding hydrogens is 392 g/mol. The van der Waals surface area contributed by atoms with E-state index in [1.165, 1.54) is 6.20 Å². The van der Waals surface area contributed by atoms with Crippen LogP contribution in [-0.2, 0) is 22.4 Å². The highest BCUT2D eigenvalue weighted by Gasteiger charge is 2.22. The SMILES string of the molecule is CC(C)C(Nc1nc(Nc2ccc3c(c2)CC(=O)N(C)CC3)ncc1Cl)C(N)=O. The number of anilines is 3. The molecule has 1 aliphatic rings. The van der Waals surface area contributed by atoms with Gasteiger partial charge in [0.25, 0.3) is 0 Å². The van der Waals surface area contributed by atoms with Crippen LogP contribution in [0.4, 0.5) is 17.5 Å². The molecule has 1 unspecified atom stereocenters. The maximum Gasteiger partial charge on any atom is 0.240 e. The first-order chi connectivity index (χ1) is 13.7. The summed E-state index contributed by atoms with van der Waals surface area (Å²) >= 11 is 6.19. The van der Waals surface area contributed by atoms with Crippen LogP contribution < -0.4 is 16.4 Å². The second-order valence-electron chi connectivity index (χ2n) is 7.51. The molecule has 0 radical (unpaired) electrons. The molecule has 0 saturated heterocycles. The number of amides is 2. The molecule has 1 aromatic heterocycles. The monoisotopic (exact) mass is 416 g/mol. The van der Waals surface area contributed by atoms with Crippen LogP contribution in [0.25, 0.3) is 0 Å². The van der Waals surface area contributed by atoms with Gasteiger partial charge in [-0.3, -0.25) is 9.59 Å². The number of primary amides is 1. The normalized spacial score (nSPS) is 14.9. The minimum atomic E-state index is -0.606. The summed E-state index contributed by atoms with van der Waals surface area (Å²) in [5.74, 6) is 0.232. The molecule has 3 rings (SSSR count). The van der Waals surface area contributed by atoms with Crippen molar-refractivity contribution in [3.05, 3.63) is 40.5 Å². The van der Waals surface area contributed by atoms with E-state index in [9.17, 15) is 9.59 Å². The third-order valence-corrected chi connectivity index (χ3v) is 5.23. The van der Waals surface area contributed by atoms with E-state index in [2.05, 4.69) is 20.6 Å². The van der Waals surface area contributed by atoms with E-state index in [1.807, 2.05) is 39.1 Å². The summed E-state index contributed by atoms with van der Waals surface area (Å²) in [6, 6.07) is 5.28. The van der Waals surface area contributed by atoms with Gasteiger partial charge in [-0.1, -0.05) is 31.5 Å². The molecule has 0 bridgehead atoms. The van der Waals surface area contributed by atoms with Crippen LogP contribution in [0.1, 0.15) is 25.0 Å². The summed E-state index contributed by atoms with van der Waals surface area (Å²) in [6.45, 7) is 4.47. The molecule has 0 fully saturated rings. The number of nitrogens with two attached hydrogens (primary N) is 1. The topological polar surface area (TPSA) is 113 Å². The largest absolute Gasteiger partial charge is 0.368 e. The Bertz CT molecular complexity index is 933. The first-order valence-corrected chi connectivity index (χ1v) is 9.83. The Morgan fingerprint density at radius 2 is 2.07 bits per heavy atom. The predicted octanol–water partition coefficient (Wildman–Crippen LogP) is 2.35. The molecule has 0 aliphatic carbocycles. The third kappa shape index (κ3) is 4.95. The highest BCUT2D eigenvalue weighted by molar-refractivity contribution is 6.32. The Labute approximate surface area is 174 Å². The summed E-state index contributed by atoms with van der Waals surface area (Å²) in [7, 11) is 1.82. The number of carbonyl (C=O) groups is 2. The van der Waals surface area contributed by atoms with E-state index in [4.69, 9.17) is 17.3 Å². The highest BCUT2D eigenvalue weighted by Crippen LogP contribution is 2.25. The smallest absolute Gasteiger partial charge is 0.240 e. The zero-order valence-corrected chi connectivity index (χ0v) is 17.5. The number of hydrogen-bond acceptors (Lipinski definition) is 6. The van der Waals surface area contributed by atoms with Crippen molar-refractivity contribution in [1.82, 2.24) is 14.9 Å². The van der Waals surface area contributed by atoms with Crippen LogP contribution >= 0.6 is 11.6 Å². The van der Waals surface area contributed by atoms with Crippen molar-refractivity contribution in [2.75, 3.05) is 24.2 Å². The zero-order chi connectivity index (χ0) is 21.1. The Hall–Kier alpha value is -2.87. The van der Waals surface area contributed by atoms with Crippen LogP contribution in [0.15, 0.2) is 24.4 Å². The standard InChI is InChI=1S/C20H25ClN6O2/c1-11(2)17(18(22)29)25-19-15(21)10-23-20(26-19)24-14-5-4-12-6-7-27(3)16(28)9-13(12)8-14/h4-5,8,10-11,17H,6-7,9H2,1-3H3,(H2,22,29)(H2,23,24,25,26). The maximum absolute atomic E-state index is 12.2. The molecule has 2 amide bonds. The number of nitrogens with one attached hydrogen (secondary N) is 2. The van der Waals surface area contributed by atoms with E-state index >= 15 is 0 Å². The van der Waals surface area contributed by atoms with Gasteiger partial charge >= 0.3 is 0 Å². The summed E-state index contributed by atoms with van der Waals surface area (Å²) in [5.41, 5.74) is 8.38. The maximum atomic E-state index is 12.2. The van der Waals surface area contributed by atoms with Gasteiger partial charge in [0.1, 0.15) is 11.1 Å². The fourth-order valence-electron chi connectivity index (χ4n) is 3.19. The lowest BCUT2D eigenvalue weighted by Gasteiger charge is -2.20. The van der Waals surface area contributed by atoms with Crippen molar-refractivity contribution in [3.63, 3.8) is 0 Å². The van der Waals surface area contributed by atoms with Crippen molar-refractivity contribution in [2.24, 2.45) is 11.7 Å². The van der Waals surface area contributed by atoms with Crippen LogP contribution in [0.2, 0.25) is 5.02 Å². The van der Waals surface area contributed by atoms with Gasteiger partial charge in [-0.25, -0.2) is 4.98 Å². The number of benzene rings is 1. The number of aromatic nitrogens is 2. The van der Waals surface area contributed by atoms with E-state index < -0.39 is 11.9 Å². The molecule has 8 nitrogen and oxygen atoms in total. The second-order valence-corrected chi connectivity index (χ2v) is 7.92. The Kier molecular flexibility index (Phi) is 6.22. The molecule has 4 N–H and O–H groups in total. The number of hydrogen-bond donors (Lipinski definition) is 3. The van der Waals surface area contributed by atoms with E-state index in [1.54, 1.807) is 4.90 Å². The average Bonchev–Trinajstić information content (AvgIpc) is 2.80. The van der Waals surface area contributed by atoms with Crippen LogP contribution in [0.3, 0.4) is 0 Å². The lowest BCUT2D eigenvalue weighted by molar-refractivity contribution is -0.128. The zero-order valence-electron chi connectivity index (χ0n) is 16.7. The molecule has 2 aromatic rings. The van der Waals surface area contributed by atoms with Crippen molar-refractivity contribution >= 4 is 40.9 Å². The Morgan fingerprint density at radius 1 is 1.31 bits per heavy atom. The third-order valence-electron chi connectivity index (χ3n) is 4.96. The number of fused-ring (bicyclic) bond motifs is 1. The Morgan fingerprint density at radius 3 is 2.76 bits per heavy atom. The summed E-state index contributed by atoms with van der Waals surface area (Å²) < 4.78 is 0. The van der Waals surface area contributed by atoms with Crippen molar-refractivity contribution in [1.29, 1.82) is 0 Å². The van der Waals surface area contributed by atoms with Gasteiger partial charge in [-0.05, 0) is 35.6 Å². The van der Waals surface area contributed by atoms with Gasteiger partial charge in [0, 0.05) is 19.3 Å². The van der Waals surface area contributed by atoms with Crippen molar-refractivity contribution < 1.29 is 9.59 Å². The van der Waals surface area contributed by atoms with Crippen molar-refractivity contribution in [3.8, 4) is 0 Å². The molecule has 1 atom stereocenters. The molecule has 1 aliphatic heterocycles. The van der Waals surface area contributed by atoms with Crippen molar-refractivity contribution in [2.45, 2.75) is 32.7 Å². The molecule has 0 spiro atoms. The lowest BCUT2D eigenvalue weighted by atomic mass is 10.0. The predicted molar refractivity (Wildman–Crippen MR) is 113 cm³/mol. The number of nitrogens with zero attached hydrogens (tertiary/aromatic N) is 3. The summed E-state index contributed by atoms with van der Waals surface area (Å²) in [4.78, 5) is 34.2. The first-order valence-electron chi connectivity index (χ1n) is 9.45. The van der Waals surface area contributed by atoms with E-state index in [0.29, 0.717) is 24.7 Å². The van der Waals surface area contributed by atoms with Crippen LogP contribution in [0, 0.1) is 5.92 Å². The Balaban J connectivity index is 1.82. The second kappa shape index (κ2) is 8.65. The minimum absolute atomic E-state index is 0.0322. The van der Waals surface area contributed by atoms with Gasteiger partial charge in [0.2, 0.25) is 17.8 Å². The average molecular weight is 417 g/mol. The molecule has 154 valence electrons. The molecule has 0 saturated carbocycles. The number of likely N-dealkylation sites (N-methyl/N-ethyl adjacent to an activating group) is 1. The van der Waals surface area contributed by atoms with Gasteiger partial charge in [-0.2, -0.15) is 4.98 Å². The van der Waals surface area contributed by atoms with Crippen LogP contribution in [-0.4, -0.2) is 46.3 Å². The molecular formula is C20H25ClN6O2. The first kappa shape index (κ1) is 20.9. The summed E-state index contributed by atoms with van der Waals surface area (Å²) in [5, 5.41) is 6.42. The van der Waals surface area contributed by atoms with E-state index in [-0.39, 0.29) is 16.8 Å². The van der Waals surface area contributed by atoms with Crippen LogP contribution in [0.5, 0.6) is 0 Å². The summed E-state index contributed by atoms with van der Waals surface area (Å²) in [6.07, 6.45) is 2.65.